The minimum absolute atomic E-state index is 0.0370. The number of allylic oxidation sites excluding steroid dienone is 1. The molecule has 0 aromatic heterocycles. The molecule has 0 bridgehead atoms. The van der Waals surface area contributed by atoms with E-state index < -0.39 is 11.9 Å². The van der Waals surface area contributed by atoms with Gasteiger partial charge in [0.15, 0.2) is 0 Å². The molecule has 4 nitrogen and oxygen atoms in total. The van der Waals surface area contributed by atoms with Crippen molar-refractivity contribution in [2.24, 2.45) is 17.8 Å². The number of carbonyl (C=O) groups excluding carboxylic acids is 1. The van der Waals surface area contributed by atoms with Gasteiger partial charge >= 0.3 is 5.97 Å². The molecule has 88 valence electrons. The minimum Gasteiger partial charge on any atom is -0.481 e. The van der Waals surface area contributed by atoms with E-state index >= 15 is 0 Å². The van der Waals surface area contributed by atoms with E-state index in [9.17, 15) is 9.59 Å². The van der Waals surface area contributed by atoms with Crippen molar-refractivity contribution in [2.75, 3.05) is 13.1 Å². The molecule has 1 aliphatic carbocycles. The molecule has 1 amide bonds. The van der Waals surface area contributed by atoms with E-state index in [0.717, 1.165) is 25.9 Å². The average molecular weight is 223 g/mol. The molecule has 2 atom stereocenters. The number of rotatable bonds is 3. The Labute approximate surface area is 94.9 Å². The molecular formula is C12H17NO3. The van der Waals surface area contributed by atoms with Gasteiger partial charge in [0.1, 0.15) is 0 Å². The first-order chi connectivity index (χ1) is 7.63. The summed E-state index contributed by atoms with van der Waals surface area (Å²) in [4.78, 5) is 24.4. The predicted molar refractivity (Wildman–Crippen MR) is 58.7 cm³/mol. The number of amides is 1. The SMILES string of the molecule is C=CC1CCN(C(=O)C2CC2C(=O)O)CC1. The van der Waals surface area contributed by atoms with Crippen molar-refractivity contribution in [3.05, 3.63) is 12.7 Å². The molecular weight excluding hydrogens is 206 g/mol. The van der Waals surface area contributed by atoms with Crippen LogP contribution in [0.15, 0.2) is 12.7 Å². The lowest BCUT2D eigenvalue weighted by Crippen LogP contribution is -2.39. The maximum atomic E-state index is 11.9. The molecule has 2 fully saturated rings. The molecule has 0 aromatic rings. The highest BCUT2D eigenvalue weighted by Crippen LogP contribution is 2.40. The third-order valence-electron chi connectivity index (χ3n) is 3.61. The Morgan fingerprint density at radius 2 is 1.88 bits per heavy atom. The van der Waals surface area contributed by atoms with Gasteiger partial charge < -0.3 is 10.0 Å². The smallest absolute Gasteiger partial charge is 0.307 e. The maximum Gasteiger partial charge on any atom is 0.307 e. The Kier molecular flexibility index (Phi) is 2.99. The van der Waals surface area contributed by atoms with Crippen LogP contribution in [0.25, 0.3) is 0 Å². The zero-order chi connectivity index (χ0) is 11.7. The number of likely N-dealkylation sites (tertiary alicyclic amines) is 1. The molecule has 2 unspecified atom stereocenters. The number of piperidine rings is 1. The van der Waals surface area contributed by atoms with Gasteiger partial charge in [-0.2, -0.15) is 0 Å². The standard InChI is InChI=1S/C12H17NO3/c1-2-8-3-5-13(6-4-8)11(14)9-7-10(9)12(15)16/h2,8-10H,1,3-7H2,(H,15,16). The maximum absolute atomic E-state index is 11.9. The first-order valence-electron chi connectivity index (χ1n) is 5.77. The summed E-state index contributed by atoms with van der Waals surface area (Å²) < 4.78 is 0. The summed E-state index contributed by atoms with van der Waals surface area (Å²) in [5.74, 6) is -0.963. The van der Waals surface area contributed by atoms with Gasteiger partial charge in [-0.15, -0.1) is 6.58 Å². The summed E-state index contributed by atoms with van der Waals surface area (Å²) in [7, 11) is 0. The van der Waals surface area contributed by atoms with Crippen LogP contribution in [0.1, 0.15) is 19.3 Å². The van der Waals surface area contributed by atoms with E-state index in [1.807, 2.05) is 11.0 Å². The van der Waals surface area contributed by atoms with E-state index in [1.165, 1.54) is 0 Å². The Morgan fingerprint density at radius 1 is 1.25 bits per heavy atom. The topological polar surface area (TPSA) is 57.6 Å². The molecule has 16 heavy (non-hydrogen) atoms. The van der Waals surface area contributed by atoms with Crippen LogP contribution < -0.4 is 0 Å². The third-order valence-corrected chi connectivity index (χ3v) is 3.61. The van der Waals surface area contributed by atoms with Crippen LogP contribution in [0.4, 0.5) is 0 Å². The van der Waals surface area contributed by atoms with Gasteiger partial charge in [-0.1, -0.05) is 6.08 Å². The Balaban J connectivity index is 1.84. The van der Waals surface area contributed by atoms with E-state index in [1.54, 1.807) is 0 Å². The summed E-state index contributed by atoms with van der Waals surface area (Å²) >= 11 is 0. The molecule has 1 saturated heterocycles. The van der Waals surface area contributed by atoms with Crippen molar-refractivity contribution in [3.63, 3.8) is 0 Å². The van der Waals surface area contributed by atoms with E-state index in [-0.39, 0.29) is 11.8 Å². The van der Waals surface area contributed by atoms with E-state index in [0.29, 0.717) is 12.3 Å². The molecule has 2 aliphatic rings. The molecule has 0 radical (unpaired) electrons. The lowest BCUT2D eigenvalue weighted by atomic mass is 9.97. The molecule has 1 N–H and O–H groups in total. The van der Waals surface area contributed by atoms with Gasteiger partial charge in [-0.3, -0.25) is 9.59 Å². The zero-order valence-corrected chi connectivity index (χ0v) is 9.26. The molecule has 1 aliphatic heterocycles. The Morgan fingerprint density at radius 3 is 2.31 bits per heavy atom. The van der Waals surface area contributed by atoms with E-state index in [4.69, 9.17) is 5.11 Å². The summed E-state index contributed by atoms with van der Waals surface area (Å²) in [5.41, 5.74) is 0. The fourth-order valence-corrected chi connectivity index (χ4v) is 2.33. The number of hydrogen-bond donors (Lipinski definition) is 1. The monoisotopic (exact) mass is 223 g/mol. The van der Waals surface area contributed by atoms with Crippen LogP contribution in [-0.4, -0.2) is 35.0 Å². The van der Waals surface area contributed by atoms with Crippen molar-refractivity contribution in [2.45, 2.75) is 19.3 Å². The second kappa shape index (κ2) is 4.28. The molecule has 0 aromatic carbocycles. The summed E-state index contributed by atoms with van der Waals surface area (Å²) in [6.45, 7) is 5.25. The van der Waals surface area contributed by atoms with Gasteiger partial charge in [0.25, 0.3) is 0 Å². The number of aliphatic carboxylic acids is 1. The van der Waals surface area contributed by atoms with Gasteiger partial charge in [0, 0.05) is 13.1 Å². The lowest BCUT2D eigenvalue weighted by Gasteiger charge is -2.30. The van der Waals surface area contributed by atoms with Crippen LogP contribution >= 0.6 is 0 Å². The molecule has 1 heterocycles. The molecule has 0 spiro atoms. The first-order valence-corrected chi connectivity index (χ1v) is 5.77. The van der Waals surface area contributed by atoms with Gasteiger partial charge in [-0.25, -0.2) is 0 Å². The van der Waals surface area contributed by atoms with Crippen molar-refractivity contribution in [3.8, 4) is 0 Å². The first kappa shape index (κ1) is 11.2. The van der Waals surface area contributed by atoms with Crippen LogP contribution in [0, 0.1) is 17.8 Å². The number of nitrogens with zero attached hydrogens (tertiary/aromatic N) is 1. The van der Waals surface area contributed by atoms with Crippen LogP contribution in [-0.2, 0) is 9.59 Å². The van der Waals surface area contributed by atoms with Crippen molar-refractivity contribution in [1.82, 2.24) is 4.90 Å². The minimum atomic E-state index is -0.834. The van der Waals surface area contributed by atoms with Crippen molar-refractivity contribution in [1.29, 1.82) is 0 Å². The summed E-state index contributed by atoms with van der Waals surface area (Å²) in [6, 6.07) is 0. The van der Waals surface area contributed by atoms with E-state index in [2.05, 4.69) is 6.58 Å². The fraction of sp³-hybridized carbons (Fsp3) is 0.667. The lowest BCUT2D eigenvalue weighted by molar-refractivity contribution is -0.142. The highest BCUT2D eigenvalue weighted by molar-refractivity contribution is 5.89. The largest absolute Gasteiger partial charge is 0.481 e. The van der Waals surface area contributed by atoms with Crippen LogP contribution in [0.2, 0.25) is 0 Å². The second-order valence-corrected chi connectivity index (χ2v) is 4.69. The quantitative estimate of drug-likeness (QED) is 0.730. The van der Waals surface area contributed by atoms with Crippen molar-refractivity contribution < 1.29 is 14.7 Å². The van der Waals surface area contributed by atoms with Gasteiger partial charge in [0.05, 0.1) is 11.8 Å². The Hall–Kier alpha value is -1.32. The third kappa shape index (κ3) is 2.10. The molecule has 2 rings (SSSR count). The number of carbonyl (C=O) groups is 2. The van der Waals surface area contributed by atoms with Crippen molar-refractivity contribution >= 4 is 11.9 Å². The van der Waals surface area contributed by atoms with Gasteiger partial charge in [0.2, 0.25) is 5.91 Å². The predicted octanol–water partition coefficient (Wildman–Crippen LogP) is 1.13. The average Bonchev–Trinajstić information content (AvgIpc) is 3.08. The molecule has 4 heteroatoms. The fourth-order valence-electron chi connectivity index (χ4n) is 2.33. The number of carboxylic acids is 1. The van der Waals surface area contributed by atoms with Crippen LogP contribution in [0.5, 0.6) is 0 Å². The Bertz CT molecular complexity index is 318. The highest BCUT2D eigenvalue weighted by Gasteiger charge is 2.49. The molecule has 1 saturated carbocycles. The van der Waals surface area contributed by atoms with Gasteiger partial charge in [-0.05, 0) is 25.2 Å². The number of hydrogen-bond acceptors (Lipinski definition) is 2. The normalized spacial score (nSPS) is 29.9. The second-order valence-electron chi connectivity index (χ2n) is 4.69. The summed E-state index contributed by atoms with van der Waals surface area (Å²) in [6.07, 6.45) is 4.38. The summed E-state index contributed by atoms with van der Waals surface area (Å²) in [5, 5.41) is 8.77. The van der Waals surface area contributed by atoms with Crippen LogP contribution in [0.3, 0.4) is 0 Å². The zero-order valence-electron chi connectivity index (χ0n) is 9.26. The number of carboxylic acid groups (broad SMARTS) is 1. The highest BCUT2D eigenvalue weighted by atomic mass is 16.4.